The predicted octanol–water partition coefficient (Wildman–Crippen LogP) is 3.02. The highest BCUT2D eigenvalue weighted by Crippen LogP contribution is 2.37. The van der Waals surface area contributed by atoms with Crippen LogP contribution in [-0.2, 0) is 0 Å². The van der Waals surface area contributed by atoms with Gasteiger partial charge < -0.3 is 4.57 Å². The topological polar surface area (TPSA) is 17.8 Å². The number of rotatable bonds is 1. The fraction of sp³-hybridized carbons (Fsp3) is 0.300. The van der Waals surface area contributed by atoms with Gasteiger partial charge in [0.1, 0.15) is 0 Å². The van der Waals surface area contributed by atoms with E-state index in [1.54, 1.807) is 0 Å². The van der Waals surface area contributed by atoms with Gasteiger partial charge in [-0.25, -0.2) is 4.98 Å². The van der Waals surface area contributed by atoms with Crippen molar-refractivity contribution in [2.24, 2.45) is 0 Å². The van der Waals surface area contributed by atoms with Gasteiger partial charge in [0.2, 0.25) is 0 Å². The minimum absolute atomic E-state index is 0.670. The molecule has 1 aliphatic carbocycles. The van der Waals surface area contributed by atoms with Crippen LogP contribution >= 0.6 is 11.6 Å². The molecule has 3 heteroatoms. The summed E-state index contributed by atoms with van der Waals surface area (Å²) in [5.41, 5.74) is 2.20. The van der Waals surface area contributed by atoms with Gasteiger partial charge in [-0.15, -0.1) is 0 Å². The fourth-order valence-corrected chi connectivity index (χ4v) is 1.81. The maximum atomic E-state index is 5.93. The number of imidazole rings is 1. The highest BCUT2D eigenvalue weighted by atomic mass is 35.5. The van der Waals surface area contributed by atoms with Crippen molar-refractivity contribution in [2.45, 2.75) is 18.9 Å². The zero-order valence-corrected chi connectivity index (χ0v) is 7.83. The largest absolute Gasteiger partial charge is 0.327 e. The quantitative estimate of drug-likeness (QED) is 0.679. The van der Waals surface area contributed by atoms with Gasteiger partial charge >= 0.3 is 0 Å². The average Bonchev–Trinajstić information content (AvgIpc) is 2.87. The Morgan fingerprint density at radius 3 is 3.00 bits per heavy atom. The Hall–Kier alpha value is -1.02. The Balaban J connectivity index is 2.29. The normalized spacial score (nSPS) is 16.7. The minimum atomic E-state index is 0.670. The first-order valence-electron chi connectivity index (χ1n) is 4.47. The van der Waals surface area contributed by atoms with Crippen molar-refractivity contribution < 1.29 is 0 Å². The standard InChI is InChI=1S/C10H9ClN2/c11-7-1-4-9-10(5-7)13(6-12-9)8-2-3-8/h1,4-6,8H,2-3H2. The van der Waals surface area contributed by atoms with Gasteiger partial charge in [-0.2, -0.15) is 0 Å². The summed E-state index contributed by atoms with van der Waals surface area (Å²) in [6.45, 7) is 0. The van der Waals surface area contributed by atoms with Gasteiger partial charge in [-0.1, -0.05) is 11.6 Å². The van der Waals surface area contributed by atoms with E-state index in [0.717, 1.165) is 16.1 Å². The van der Waals surface area contributed by atoms with Crippen LogP contribution in [0, 0.1) is 0 Å². The zero-order chi connectivity index (χ0) is 8.84. The van der Waals surface area contributed by atoms with Crippen molar-refractivity contribution in [1.82, 2.24) is 9.55 Å². The van der Waals surface area contributed by atoms with Crippen LogP contribution in [0.5, 0.6) is 0 Å². The molecule has 1 aromatic carbocycles. The van der Waals surface area contributed by atoms with Gasteiger partial charge in [0, 0.05) is 11.1 Å². The molecule has 2 aromatic rings. The van der Waals surface area contributed by atoms with Crippen LogP contribution in [0.25, 0.3) is 11.0 Å². The second-order valence-electron chi connectivity index (χ2n) is 3.52. The molecular formula is C10H9ClN2. The van der Waals surface area contributed by atoms with Crippen molar-refractivity contribution in [1.29, 1.82) is 0 Å². The first-order chi connectivity index (χ1) is 6.34. The summed E-state index contributed by atoms with van der Waals surface area (Å²) in [6, 6.07) is 6.51. The molecule has 0 atom stereocenters. The number of halogens is 1. The van der Waals surface area contributed by atoms with Crippen molar-refractivity contribution in [3.63, 3.8) is 0 Å². The van der Waals surface area contributed by atoms with E-state index in [2.05, 4.69) is 9.55 Å². The van der Waals surface area contributed by atoms with Gasteiger partial charge in [0.15, 0.2) is 0 Å². The maximum Gasteiger partial charge on any atom is 0.0960 e. The number of hydrogen-bond acceptors (Lipinski definition) is 1. The molecule has 1 fully saturated rings. The summed E-state index contributed by atoms with van der Waals surface area (Å²) in [7, 11) is 0. The lowest BCUT2D eigenvalue weighted by Crippen LogP contribution is -1.89. The number of fused-ring (bicyclic) bond motifs is 1. The molecule has 0 amide bonds. The van der Waals surface area contributed by atoms with Crippen molar-refractivity contribution in [3.8, 4) is 0 Å². The number of hydrogen-bond donors (Lipinski definition) is 0. The van der Waals surface area contributed by atoms with Crippen LogP contribution < -0.4 is 0 Å². The third kappa shape index (κ3) is 1.13. The maximum absolute atomic E-state index is 5.93. The summed E-state index contributed by atoms with van der Waals surface area (Å²) in [6.07, 6.45) is 4.47. The van der Waals surface area contributed by atoms with E-state index >= 15 is 0 Å². The van der Waals surface area contributed by atoms with Crippen LogP contribution in [0.3, 0.4) is 0 Å². The van der Waals surface area contributed by atoms with E-state index in [-0.39, 0.29) is 0 Å². The van der Waals surface area contributed by atoms with Crippen molar-refractivity contribution in [2.75, 3.05) is 0 Å². The highest BCUT2D eigenvalue weighted by molar-refractivity contribution is 6.31. The summed E-state index contributed by atoms with van der Waals surface area (Å²) in [5, 5.41) is 0.787. The van der Waals surface area contributed by atoms with Crippen LogP contribution in [0.4, 0.5) is 0 Å². The van der Waals surface area contributed by atoms with Crippen LogP contribution in [0.2, 0.25) is 5.02 Å². The molecule has 0 saturated heterocycles. The third-order valence-electron chi connectivity index (χ3n) is 2.48. The fourth-order valence-electron chi connectivity index (χ4n) is 1.64. The molecule has 0 bridgehead atoms. The van der Waals surface area contributed by atoms with Crippen LogP contribution in [0.15, 0.2) is 24.5 Å². The molecule has 3 rings (SSSR count). The Bertz CT molecular complexity index is 457. The SMILES string of the molecule is Clc1ccc2ncn(C3CC3)c2c1. The first-order valence-corrected chi connectivity index (χ1v) is 4.84. The van der Waals surface area contributed by atoms with E-state index in [0.29, 0.717) is 6.04 Å². The van der Waals surface area contributed by atoms with Crippen molar-refractivity contribution in [3.05, 3.63) is 29.5 Å². The second kappa shape index (κ2) is 2.48. The van der Waals surface area contributed by atoms with Crippen LogP contribution in [0.1, 0.15) is 18.9 Å². The van der Waals surface area contributed by atoms with E-state index in [1.165, 1.54) is 12.8 Å². The summed E-state index contributed by atoms with van der Waals surface area (Å²) in [4.78, 5) is 4.33. The van der Waals surface area contributed by atoms with E-state index in [1.807, 2.05) is 24.5 Å². The smallest absolute Gasteiger partial charge is 0.0960 e. The van der Waals surface area contributed by atoms with Gasteiger partial charge in [0.25, 0.3) is 0 Å². The molecule has 1 saturated carbocycles. The lowest BCUT2D eigenvalue weighted by Gasteiger charge is -1.99. The highest BCUT2D eigenvalue weighted by Gasteiger charge is 2.24. The first kappa shape index (κ1) is 7.39. The molecule has 1 aromatic heterocycles. The zero-order valence-electron chi connectivity index (χ0n) is 7.07. The molecule has 0 aliphatic heterocycles. The molecular weight excluding hydrogens is 184 g/mol. The third-order valence-corrected chi connectivity index (χ3v) is 2.71. The molecule has 0 N–H and O–H groups in total. The minimum Gasteiger partial charge on any atom is -0.327 e. The molecule has 1 aliphatic rings. The molecule has 1 heterocycles. The summed E-state index contributed by atoms with van der Waals surface area (Å²) >= 11 is 5.93. The molecule has 0 radical (unpaired) electrons. The van der Waals surface area contributed by atoms with Gasteiger partial charge in [-0.3, -0.25) is 0 Å². The van der Waals surface area contributed by atoms with Gasteiger partial charge in [-0.05, 0) is 31.0 Å². The molecule has 66 valence electrons. The molecule has 13 heavy (non-hydrogen) atoms. The lowest BCUT2D eigenvalue weighted by molar-refractivity contribution is 0.766. The summed E-state index contributed by atoms with van der Waals surface area (Å²) < 4.78 is 2.22. The Labute approximate surface area is 81.1 Å². The monoisotopic (exact) mass is 192 g/mol. The predicted molar refractivity (Wildman–Crippen MR) is 53.0 cm³/mol. The van der Waals surface area contributed by atoms with E-state index < -0.39 is 0 Å². The Kier molecular flexibility index (Phi) is 1.41. The average molecular weight is 193 g/mol. The summed E-state index contributed by atoms with van der Waals surface area (Å²) in [5.74, 6) is 0. The Morgan fingerprint density at radius 1 is 1.38 bits per heavy atom. The molecule has 2 nitrogen and oxygen atoms in total. The number of benzene rings is 1. The molecule has 0 unspecified atom stereocenters. The van der Waals surface area contributed by atoms with E-state index in [4.69, 9.17) is 11.6 Å². The van der Waals surface area contributed by atoms with Crippen molar-refractivity contribution >= 4 is 22.6 Å². The second-order valence-corrected chi connectivity index (χ2v) is 3.95. The number of nitrogens with zero attached hydrogens (tertiary/aromatic N) is 2. The molecule has 0 spiro atoms. The Morgan fingerprint density at radius 2 is 2.23 bits per heavy atom. The van der Waals surface area contributed by atoms with Gasteiger partial charge in [0.05, 0.1) is 17.4 Å². The lowest BCUT2D eigenvalue weighted by atomic mass is 10.3. The number of aromatic nitrogens is 2. The van der Waals surface area contributed by atoms with E-state index in [9.17, 15) is 0 Å². The van der Waals surface area contributed by atoms with Crippen LogP contribution in [-0.4, -0.2) is 9.55 Å².